The number of amides is 2. The van der Waals surface area contributed by atoms with Gasteiger partial charge in [-0.05, 0) is 67.0 Å². The van der Waals surface area contributed by atoms with Gasteiger partial charge in [-0.2, -0.15) is 5.26 Å². The number of nitriles is 1. The summed E-state index contributed by atoms with van der Waals surface area (Å²) in [6.45, 7) is 1.66. The molecular formula is C27H21N3O6. The largest absolute Gasteiger partial charge is 0.497 e. The van der Waals surface area contributed by atoms with Crippen molar-refractivity contribution < 1.29 is 23.7 Å². The quantitative estimate of drug-likeness (QED) is 0.206. The first-order chi connectivity index (χ1) is 17.3. The first-order valence-corrected chi connectivity index (χ1v) is 11.0. The smallest absolute Gasteiger partial charge is 0.271 e. The van der Waals surface area contributed by atoms with Gasteiger partial charge in [0, 0.05) is 29.8 Å². The van der Waals surface area contributed by atoms with Gasteiger partial charge in [0.05, 0.1) is 12.0 Å². The Morgan fingerprint density at radius 1 is 1.06 bits per heavy atom. The number of rotatable bonds is 7. The summed E-state index contributed by atoms with van der Waals surface area (Å²) in [5.41, 5.74) is 1.86. The Morgan fingerprint density at radius 2 is 1.75 bits per heavy atom. The molecule has 0 saturated heterocycles. The van der Waals surface area contributed by atoms with Crippen molar-refractivity contribution in [1.29, 1.82) is 5.26 Å². The molecule has 0 radical (unpaired) electrons. The number of nitro groups is 1. The van der Waals surface area contributed by atoms with Gasteiger partial charge in [-0.1, -0.05) is 12.1 Å². The van der Waals surface area contributed by atoms with Crippen LogP contribution in [0.4, 0.5) is 5.69 Å². The molecule has 0 spiro atoms. The lowest BCUT2D eigenvalue weighted by atomic mass is 9.94. The number of nitrogens with zero attached hydrogens (tertiary/aromatic N) is 3. The van der Waals surface area contributed by atoms with Gasteiger partial charge in [-0.15, -0.1) is 0 Å². The van der Waals surface area contributed by atoms with Crippen LogP contribution in [0.1, 0.15) is 18.2 Å². The second-order valence-electron chi connectivity index (χ2n) is 8.04. The van der Waals surface area contributed by atoms with Gasteiger partial charge in [-0.3, -0.25) is 24.6 Å². The number of ether oxygens (including phenoxy) is 1. The van der Waals surface area contributed by atoms with Gasteiger partial charge in [0.1, 0.15) is 28.9 Å². The maximum absolute atomic E-state index is 13.3. The first kappa shape index (κ1) is 24.2. The molecule has 1 aromatic heterocycles. The van der Waals surface area contributed by atoms with Crippen LogP contribution >= 0.6 is 0 Å². The molecule has 2 aromatic carbocycles. The van der Waals surface area contributed by atoms with Crippen LogP contribution in [-0.4, -0.2) is 35.3 Å². The van der Waals surface area contributed by atoms with Crippen LogP contribution in [0.25, 0.3) is 17.4 Å². The van der Waals surface area contributed by atoms with E-state index in [2.05, 4.69) is 0 Å². The molecule has 0 unspecified atom stereocenters. The molecule has 9 nitrogen and oxygen atoms in total. The minimum Gasteiger partial charge on any atom is -0.497 e. The predicted molar refractivity (Wildman–Crippen MR) is 131 cm³/mol. The third kappa shape index (κ3) is 4.79. The Bertz CT molecular complexity index is 1440. The van der Waals surface area contributed by atoms with Crippen LogP contribution in [0, 0.1) is 21.4 Å². The molecule has 0 N–H and O–H groups in total. The SMILES string of the molecule is COc1ccc(CCN2C(=O)C(C#N)=C(C)/C(=C\c3ccc(-c4ccc([N+](=O)[O-])cc4)o3)C2=O)cc1. The van der Waals surface area contributed by atoms with Crippen molar-refractivity contribution in [3.05, 3.63) is 98.8 Å². The van der Waals surface area contributed by atoms with Crippen LogP contribution in [0.3, 0.4) is 0 Å². The maximum atomic E-state index is 13.3. The lowest BCUT2D eigenvalue weighted by Gasteiger charge is -2.27. The highest BCUT2D eigenvalue weighted by Gasteiger charge is 2.35. The molecule has 1 aliphatic heterocycles. The van der Waals surface area contributed by atoms with Gasteiger partial charge < -0.3 is 9.15 Å². The van der Waals surface area contributed by atoms with E-state index in [4.69, 9.17) is 9.15 Å². The minimum atomic E-state index is -0.628. The fourth-order valence-electron chi connectivity index (χ4n) is 3.84. The lowest BCUT2D eigenvalue weighted by Crippen LogP contribution is -2.43. The Balaban J connectivity index is 1.60. The number of benzene rings is 2. The fraction of sp³-hybridized carbons (Fsp3) is 0.148. The summed E-state index contributed by atoms with van der Waals surface area (Å²) in [6.07, 6.45) is 1.91. The maximum Gasteiger partial charge on any atom is 0.271 e. The van der Waals surface area contributed by atoms with Crippen LogP contribution in [0.5, 0.6) is 5.75 Å². The second-order valence-corrected chi connectivity index (χ2v) is 8.04. The Hall–Kier alpha value is -4.97. The molecular weight excluding hydrogens is 462 g/mol. The summed E-state index contributed by atoms with van der Waals surface area (Å²) in [5, 5.41) is 20.5. The monoisotopic (exact) mass is 483 g/mol. The number of nitro benzene ring substituents is 1. The summed E-state index contributed by atoms with van der Waals surface area (Å²) < 4.78 is 11.0. The number of carbonyl (C=O) groups excluding carboxylic acids is 2. The number of non-ortho nitro benzene ring substituents is 1. The third-order valence-electron chi connectivity index (χ3n) is 5.88. The van der Waals surface area contributed by atoms with Crippen molar-refractivity contribution in [3.8, 4) is 23.1 Å². The van der Waals surface area contributed by atoms with E-state index in [9.17, 15) is 25.0 Å². The summed E-state index contributed by atoms with van der Waals surface area (Å²) in [7, 11) is 1.57. The number of hydrogen-bond donors (Lipinski definition) is 0. The van der Waals surface area contributed by atoms with E-state index < -0.39 is 16.7 Å². The van der Waals surface area contributed by atoms with Gasteiger partial charge >= 0.3 is 0 Å². The molecule has 0 atom stereocenters. The zero-order valence-corrected chi connectivity index (χ0v) is 19.6. The Morgan fingerprint density at radius 3 is 2.36 bits per heavy atom. The Kier molecular flexibility index (Phi) is 6.79. The van der Waals surface area contributed by atoms with Crippen molar-refractivity contribution in [3.63, 3.8) is 0 Å². The minimum absolute atomic E-state index is 0.0374. The fourth-order valence-corrected chi connectivity index (χ4v) is 3.84. The standard InChI is InChI=1S/C27H21N3O6/c1-17-23(15-22-11-12-25(36-22)19-5-7-20(8-6-19)30(33)34)26(31)29(27(32)24(17)16-28)14-13-18-3-9-21(35-2)10-4-18/h3-12,15H,13-14H2,1-2H3/b23-15+. The number of methoxy groups -OCH3 is 1. The highest BCUT2D eigenvalue weighted by molar-refractivity contribution is 6.19. The number of imide groups is 1. The average molecular weight is 483 g/mol. The van der Waals surface area contributed by atoms with E-state index in [-0.39, 0.29) is 29.0 Å². The topological polar surface area (TPSA) is 127 Å². The summed E-state index contributed by atoms with van der Waals surface area (Å²) in [6, 6.07) is 18.4. The van der Waals surface area contributed by atoms with Crippen LogP contribution in [-0.2, 0) is 16.0 Å². The molecule has 0 fully saturated rings. The van der Waals surface area contributed by atoms with Crippen molar-refractivity contribution in [2.75, 3.05) is 13.7 Å². The van der Waals surface area contributed by atoms with Crippen molar-refractivity contribution in [1.82, 2.24) is 4.90 Å². The third-order valence-corrected chi connectivity index (χ3v) is 5.88. The number of carbonyl (C=O) groups is 2. The summed E-state index contributed by atoms with van der Waals surface area (Å²) in [5.74, 6) is 0.350. The van der Waals surface area contributed by atoms with Crippen LogP contribution in [0.2, 0.25) is 0 Å². The predicted octanol–water partition coefficient (Wildman–Crippen LogP) is 4.70. The van der Waals surface area contributed by atoms with E-state index in [1.54, 1.807) is 50.4 Å². The highest BCUT2D eigenvalue weighted by Crippen LogP contribution is 2.30. The molecule has 1 aliphatic rings. The van der Waals surface area contributed by atoms with Gasteiger partial charge in [0.15, 0.2) is 0 Å². The molecule has 2 heterocycles. The average Bonchev–Trinajstić information content (AvgIpc) is 3.36. The molecule has 9 heteroatoms. The molecule has 0 bridgehead atoms. The number of hydrogen-bond acceptors (Lipinski definition) is 7. The van der Waals surface area contributed by atoms with Crippen molar-refractivity contribution in [2.24, 2.45) is 0 Å². The summed E-state index contributed by atoms with van der Waals surface area (Å²) >= 11 is 0. The van der Waals surface area contributed by atoms with Crippen LogP contribution in [0.15, 0.2) is 81.8 Å². The van der Waals surface area contributed by atoms with Gasteiger partial charge in [0.2, 0.25) is 0 Å². The molecule has 36 heavy (non-hydrogen) atoms. The molecule has 2 amide bonds. The van der Waals surface area contributed by atoms with E-state index in [0.29, 0.717) is 29.3 Å². The zero-order valence-electron chi connectivity index (χ0n) is 19.6. The van der Waals surface area contributed by atoms with Crippen LogP contribution < -0.4 is 4.74 Å². The highest BCUT2D eigenvalue weighted by atomic mass is 16.6. The van der Waals surface area contributed by atoms with E-state index in [1.807, 2.05) is 18.2 Å². The second kappa shape index (κ2) is 10.1. The van der Waals surface area contributed by atoms with Crippen molar-refractivity contribution in [2.45, 2.75) is 13.3 Å². The summed E-state index contributed by atoms with van der Waals surface area (Å²) in [4.78, 5) is 37.6. The van der Waals surface area contributed by atoms with E-state index >= 15 is 0 Å². The number of furan rings is 1. The first-order valence-electron chi connectivity index (χ1n) is 11.0. The van der Waals surface area contributed by atoms with E-state index in [0.717, 1.165) is 10.5 Å². The normalized spacial score (nSPS) is 14.8. The molecule has 3 aromatic rings. The van der Waals surface area contributed by atoms with E-state index in [1.165, 1.54) is 18.2 Å². The zero-order chi connectivity index (χ0) is 25.8. The molecule has 180 valence electrons. The molecule has 0 saturated carbocycles. The van der Waals surface area contributed by atoms with Gasteiger partial charge in [-0.25, -0.2) is 0 Å². The van der Waals surface area contributed by atoms with Crippen molar-refractivity contribution >= 4 is 23.6 Å². The van der Waals surface area contributed by atoms with Gasteiger partial charge in [0.25, 0.3) is 17.5 Å². The molecule has 0 aliphatic carbocycles. The lowest BCUT2D eigenvalue weighted by molar-refractivity contribution is -0.384. The Labute approximate surface area is 206 Å². The molecule has 4 rings (SSSR count).